The zero-order valence-electron chi connectivity index (χ0n) is 10.1. The molecule has 0 aliphatic heterocycles. The van der Waals surface area contributed by atoms with Crippen molar-refractivity contribution in [2.45, 2.75) is 45.6 Å². The fraction of sp³-hybridized carbons (Fsp3) is 0.727. The highest BCUT2D eigenvalue weighted by atomic mass is 16.1. The summed E-state index contributed by atoms with van der Waals surface area (Å²) in [6.07, 6.45) is 6.51. The number of carbonyl (C=O) groups is 1. The highest BCUT2D eigenvalue weighted by Crippen LogP contribution is 2.01. The van der Waals surface area contributed by atoms with Gasteiger partial charge in [-0.15, -0.1) is 5.10 Å². The Morgan fingerprint density at radius 2 is 2.31 bits per heavy atom. The Kier molecular flexibility index (Phi) is 5.53. The molecule has 90 valence electrons. The van der Waals surface area contributed by atoms with Gasteiger partial charge in [0.05, 0.1) is 5.69 Å². The summed E-state index contributed by atoms with van der Waals surface area (Å²) in [6.45, 7) is 2.97. The van der Waals surface area contributed by atoms with Crippen molar-refractivity contribution in [1.82, 2.24) is 20.3 Å². The van der Waals surface area contributed by atoms with E-state index in [0.29, 0.717) is 6.42 Å². The second kappa shape index (κ2) is 6.98. The summed E-state index contributed by atoms with van der Waals surface area (Å²) in [5, 5.41) is 10.7. The fourth-order valence-electron chi connectivity index (χ4n) is 1.50. The van der Waals surface area contributed by atoms with Gasteiger partial charge in [0.2, 0.25) is 5.91 Å². The summed E-state index contributed by atoms with van der Waals surface area (Å²) in [7, 11) is 1.66. The Labute approximate surface area is 96.2 Å². The molecule has 16 heavy (non-hydrogen) atoms. The van der Waals surface area contributed by atoms with Crippen molar-refractivity contribution in [3.8, 4) is 0 Å². The predicted octanol–water partition coefficient (Wildman–Crippen LogP) is 1.15. The highest BCUT2D eigenvalue weighted by molar-refractivity contribution is 5.75. The van der Waals surface area contributed by atoms with Crippen LogP contribution in [0.25, 0.3) is 0 Å². The Hall–Kier alpha value is -1.39. The Morgan fingerprint density at radius 3 is 3.00 bits per heavy atom. The van der Waals surface area contributed by atoms with Crippen LogP contribution in [0.2, 0.25) is 0 Å². The van der Waals surface area contributed by atoms with Crippen LogP contribution in [-0.4, -0.2) is 27.9 Å². The van der Waals surface area contributed by atoms with Crippen LogP contribution in [0, 0.1) is 0 Å². The van der Waals surface area contributed by atoms with Crippen LogP contribution in [0.1, 0.15) is 38.3 Å². The standard InChI is InChI=1S/C11H20N4O/c1-3-6-10-9-15(14-13-10)8-5-4-7-11(16)12-2/h9H,3-8H2,1-2H3,(H,12,16). The van der Waals surface area contributed by atoms with E-state index in [-0.39, 0.29) is 5.91 Å². The largest absolute Gasteiger partial charge is 0.359 e. The molecule has 0 unspecified atom stereocenters. The molecule has 1 N–H and O–H groups in total. The summed E-state index contributed by atoms with van der Waals surface area (Å²) in [6, 6.07) is 0. The zero-order valence-corrected chi connectivity index (χ0v) is 10.1. The van der Waals surface area contributed by atoms with E-state index in [1.54, 1.807) is 7.05 Å². The lowest BCUT2D eigenvalue weighted by molar-refractivity contribution is -0.120. The first-order valence-electron chi connectivity index (χ1n) is 5.86. The van der Waals surface area contributed by atoms with Gasteiger partial charge in [-0.1, -0.05) is 18.6 Å². The van der Waals surface area contributed by atoms with Crippen molar-refractivity contribution in [2.24, 2.45) is 0 Å². The molecule has 0 atom stereocenters. The maximum atomic E-state index is 11.0. The van der Waals surface area contributed by atoms with Crippen LogP contribution in [0.3, 0.4) is 0 Å². The molecule has 0 aliphatic carbocycles. The lowest BCUT2D eigenvalue weighted by atomic mass is 10.2. The summed E-state index contributed by atoms with van der Waals surface area (Å²) >= 11 is 0. The third kappa shape index (κ3) is 4.42. The predicted molar refractivity (Wildman–Crippen MR) is 61.9 cm³/mol. The van der Waals surface area contributed by atoms with Crippen molar-refractivity contribution in [2.75, 3.05) is 7.05 Å². The topological polar surface area (TPSA) is 59.8 Å². The first-order valence-corrected chi connectivity index (χ1v) is 5.86. The Morgan fingerprint density at radius 1 is 1.50 bits per heavy atom. The van der Waals surface area contributed by atoms with Crippen LogP contribution >= 0.6 is 0 Å². The van der Waals surface area contributed by atoms with Gasteiger partial charge in [-0.2, -0.15) is 0 Å². The van der Waals surface area contributed by atoms with Gasteiger partial charge in [0.15, 0.2) is 0 Å². The molecule has 0 bridgehead atoms. The minimum Gasteiger partial charge on any atom is -0.359 e. The molecule has 1 aromatic rings. The molecule has 0 saturated carbocycles. The number of rotatable bonds is 7. The lowest BCUT2D eigenvalue weighted by Gasteiger charge is -2.00. The molecule has 0 radical (unpaired) electrons. The quantitative estimate of drug-likeness (QED) is 0.707. The van der Waals surface area contributed by atoms with Crippen molar-refractivity contribution in [1.29, 1.82) is 0 Å². The molecule has 1 heterocycles. The first kappa shape index (κ1) is 12.7. The molecular formula is C11H20N4O. The van der Waals surface area contributed by atoms with Crippen molar-refractivity contribution < 1.29 is 4.79 Å². The van der Waals surface area contributed by atoms with Crippen LogP contribution < -0.4 is 5.32 Å². The zero-order chi connectivity index (χ0) is 11.8. The van der Waals surface area contributed by atoms with Gasteiger partial charge in [-0.25, -0.2) is 0 Å². The van der Waals surface area contributed by atoms with Gasteiger partial charge in [0, 0.05) is 26.2 Å². The maximum Gasteiger partial charge on any atom is 0.219 e. The summed E-state index contributed by atoms with van der Waals surface area (Å²) < 4.78 is 1.86. The molecule has 0 aromatic carbocycles. The maximum absolute atomic E-state index is 11.0. The van der Waals surface area contributed by atoms with E-state index in [1.807, 2.05) is 10.9 Å². The number of hydrogen-bond donors (Lipinski definition) is 1. The molecule has 0 saturated heterocycles. The van der Waals surface area contributed by atoms with Crippen molar-refractivity contribution in [3.05, 3.63) is 11.9 Å². The molecule has 1 aromatic heterocycles. The second-order valence-corrected chi connectivity index (χ2v) is 3.85. The third-order valence-electron chi connectivity index (χ3n) is 2.41. The summed E-state index contributed by atoms with van der Waals surface area (Å²) in [5.41, 5.74) is 1.05. The highest BCUT2D eigenvalue weighted by Gasteiger charge is 2.00. The number of aromatic nitrogens is 3. The van der Waals surface area contributed by atoms with E-state index < -0.39 is 0 Å². The number of carbonyl (C=O) groups excluding carboxylic acids is 1. The van der Waals surface area contributed by atoms with E-state index in [9.17, 15) is 4.79 Å². The SMILES string of the molecule is CCCc1cn(CCCCC(=O)NC)nn1. The Balaban J connectivity index is 2.19. The van der Waals surface area contributed by atoms with E-state index >= 15 is 0 Å². The van der Waals surface area contributed by atoms with E-state index in [4.69, 9.17) is 0 Å². The molecule has 0 fully saturated rings. The number of aryl methyl sites for hydroxylation is 2. The first-order chi connectivity index (χ1) is 7.76. The summed E-state index contributed by atoms with van der Waals surface area (Å²) in [5.74, 6) is 0.102. The van der Waals surface area contributed by atoms with E-state index in [1.165, 1.54) is 0 Å². The minimum atomic E-state index is 0.102. The van der Waals surface area contributed by atoms with Gasteiger partial charge >= 0.3 is 0 Å². The molecule has 1 rings (SSSR count). The molecule has 0 aliphatic rings. The molecule has 5 nitrogen and oxygen atoms in total. The van der Waals surface area contributed by atoms with Crippen LogP contribution in [-0.2, 0) is 17.8 Å². The van der Waals surface area contributed by atoms with E-state index in [2.05, 4.69) is 22.6 Å². The average Bonchev–Trinajstić information content (AvgIpc) is 2.72. The van der Waals surface area contributed by atoms with Crippen LogP contribution in [0.5, 0.6) is 0 Å². The summed E-state index contributed by atoms with van der Waals surface area (Å²) in [4.78, 5) is 11.0. The van der Waals surface area contributed by atoms with Gasteiger partial charge in [0.25, 0.3) is 0 Å². The number of hydrogen-bond acceptors (Lipinski definition) is 3. The van der Waals surface area contributed by atoms with Gasteiger partial charge in [-0.3, -0.25) is 9.48 Å². The third-order valence-corrected chi connectivity index (χ3v) is 2.41. The van der Waals surface area contributed by atoms with Crippen LogP contribution in [0.15, 0.2) is 6.20 Å². The normalized spacial score (nSPS) is 10.4. The number of nitrogens with one attached hydrogen (secondary N) is 1. The molecule has 0 spiro atoms. The van der Waals surface area contributed by atoms with Crippen molar-refractivity contribution in [3.63, 3.8) is 0 Å². The van der Waals surface area contributed by atoms with Gasteiger partial charge in [0.1, 0.15) is 0 Å². The molecular weight excluding hydrogens is 204 g/mol. The van der Waals surface area contributed by atoms with Crippen molar-refractivity contribution >= 4 is 5.91 Å². The number of nitrogens with zero attached hydrogens (tertiary/aromatic N) is 3. The van der Waals surface area contributed by atoms with Gasteiger partial charge in [-0.05, 0) is 19.3 Å². The lowest BCUT2D eigenvalue weighted by Crippen LogP contribution is -2.17. The Bertz CT molecular complexity index is 322. The monoisotopic (exact) mass is 224 g/mol. The smallest absolute Gasteiger partial charge is 0.219 e. The van der Waals surface area contributed by atoms with Gasteiger partial charge < -0.3 is 5.32 Å². The average molecular weight is 224 g/mol. The molecule has 1 amide bonds. The number of unbranched alkanes of at least 4 members (excludes halogenated alkanes) is 1. The fourth-order valence-corrected chi connectivity index (χ4v) is 1.50. The van der Waals surface area contributed by atoms with Crippen LogP contribution in [0.4, 0.5) is 0 Å². The second-order valence-electron chi connectivity index (χ2n) is 3.85. The molecule has 5 heteroatoms. The minimum absolute atomic E-state index is 0.102. The van der Waals surface area contributed by atoms with E-state index in [0.717, 1.165) is 37.9 Å². The number of amides is 1.